The van der Waals surface area contributed by atoms with Crippen LogP contribution in [0.15, 0.2) is 30.3 Å². The standard InChI is InChI=1S/C21H30N4O7S/c1-33-10-9-14(22)19(29)23-12-17(26)24-16(11-13-5-3-2-4-6-13)20(30)25-15(21(31)32)7-8-18(27)28/h2-6,14-16H,7-12,22H2,1H3,(H,23,29)(H,24,26)(H,25,30)(H,27,28)(H,31,32). The first-order chi connectivity index (χ1) is 15.6. The van der Waals surface area contributed by atoms with Gasteiger partial charge in [-0.25, -0.2) is 4.79 Å². The van der Waals surface area contributed by atoms with E-state index in [1.807, 2.05) is 6.26 Å². The molecule has 1 aromatic rings. The molecule has 3 amide bonds. The summed E-state index contributed by atoms with van der Waals surface area (Å²) >= 11 is 1.54. The quantitative estimate of drug-likeness (QED) is 0.189. The molecule has 0 spiro atoms. The molecular weight excluding hydrogens is 452 g/mol. The van der Waals surface area contributed by atoms with Gasteiger partial charge in [0, 0.05) is 12.8 Å². The largest absolute Gasteiger partial charge is 0.481 e. The van der Waals surface area contributed by atoms with Gasteiger partial charge in [-0.05, 0) is 30.4 Å². The van der Waals surface area contributed by atoms with Gasteiger partial charge < -0.3 is 31.9 Å². The smallest absolute Gasteiger partial charge is 0.326 e. The van der Waals surface area contributed by atoms with Gasteiger partial charge in [0.15, 0.2) is 0 Å². The second-order valence-corrected chi connectivity index (χ2v) is 8.23. The normalized spacial score (nSPS) is 13.3. The van der Waals surface area contributed by atoms with Crippen molar-refractivity contribution in [3.63, 3.8) is 0 Å². The molecule has 33 heavy (non-hydrogen) atoms. The molecule has 0 bridgehead atoms. The maximum absolute atomic E-state index is 12.8. The monoisotopic (exact) mass is 482 g/mol. The van der Waals surface area contributed by atoms with Crippen molar-refractivity contribution in [3.8, 4) is 0 Å². The number of carboxylic acid groups (broad SMARTS) is 2. The molecule has 1 rings (SSSR count). The molecule has 0 aromatic heterocycles. The highest BCUT2D eigenvalue weighted by Gasteiger charge is 2.27. The average Bonchev–Trinajstić information content (AvgIpc) is 2.78. The van der Waals surface area contributed by atoms with Crippen molar-refractivity contribution in [1.29, 1.82) is 0 Å². The molecule has 0 aliphatic heterocycles. The topological polar surface area (TPSA) is 188 Å². The third-order valence-electron chi connectivity index (χ3n) is 4.59. The average molecular weight is 483 g/mol. The van der Waals surface area contributed by atoms with Crippen molar-refractivity contribution >= 4 is 41.4 Å². The van der Waals surface area contributed by atoms with E-state index in [2.05, 4.69) is 16.0 Å². The van der Waals surface area contributed by atoms with Crippen molar-refractivity contribution in [2.45, 2.75) is 43.8 Å². The summed E-state index contributed by atoms with van der Waals surface area (Å²) < 4.78 is 0. The molecule has 0 saturated carbocycles. The van der Waals surface area contributed by atoms with Gasteiger partial charge in [0.25, 0.3) is 0 Å². The summed E-state index contributed by atoms with van der Waals surface area (Å²) in [4.78, 5) is 59.3. The van der Waals surface area contributed by atoms with E-state index >= 15 is 0 Å². The first kappa shape index (κ1) is 27.9. The number of hydrogen-bond donors (Lipinski definition) is 6. The van der Waals surface area contributed by atoms with Crippen molar-refractivity contribution in [2.75, 3.05) is 18.6 Å². The van der Waals surface area contributed by atoms with Crippen LogP contribution in [0.3, 0.4) is 0 Å². The minimum atomic E-state index is -1.43. The summed E-state index contributed by atoms with van der Waals surface area (Å²) in [6.45, 7) is -0.411. The van der Waals surface area contributed by atoms with E-state index in [9.17, 15) is 29.1 Å². The second kappa shape index (κ2) is 14.9. The Morgan fingerprint density at radius 3 is 2.21 bits per heavy atom. The number of aliphatic carboxylic acids is 2. The summed E-state index contributed by atoms with van der Waals surface area (Å²) in [7, 11) is 0. The Bertz CT molecular complexity index is 822. The zero-order valence-electron chi connectivity index (χ0n) is 18.3. The minimum Gasteiger partial charge on any atom is -0.481 e. The molecule has 182 valence electrons. The number of carbonyl (C=O) groups excluding carboxylic acids is 3. The first-order valence-electron chi connectivity index (χ1n) is 10.2. The van der Waals surface area contributed by atoms with Crippen LogP contribution in [-0.4, -0.2) is 76.6 Å². The molecule has 11 nitrogen and oxygen atoms in total. The van der Waals surface area contributed by atoms with Gasteiger partial charge in [-0.2, -0.15) is 11.8 Å². The fourth-order valence-electron chi connectivity index (χ4n) is 2.78. The fraction of sp³-hybridized carbons (Fsp3) is 0.476. The van der Waals surface area contributed by atoms with Gasteiger partial charge in [-0.15, -0.1) is 0 Å². The van der Waals surface area contributed by atoms with Gasteiger partial charge in [0.1, 0.15) is 12.1 Å². The molecule has 0 fully saturated rings. The molecule has 7 N–H and O–H groups in total. The lowest BCUT2D eigenvalue weighted by atomic mass is 10.0. The molecule has 0 aliphatic carbocycles. The minimum absolute atomic E-state index is 0.0604. The van der Waals surface area contributed by atoms with Crippen LogP contribution in [0.25, 0.3) is 0 Å². The highest BCUT2D eigenvalue weighted by atomic mass is 32.2. The maximum Gasteiger partial charge on any atom is 0.326 e. The molecule has 0 heterocycles. The molecule has 12 heteroatoms. The lowest BCUT2D eigenvalue weighted by molar-refractivity contribution is -0.143. The molecular formula is C21H30N4O7S. The van der Waals surface area contributed by atoms with Gasteiger partial charge in [0.05, 0.1) is 12.6 Å². The van der Waals surface area contributed by atoms with Crippen LogP contribution in [-0.2, 0) is 30.4 Å². The lowest BCUT2D eigenvalue weighted by Crippen LogP contribution is -2.54. The Kier molecular flexibility index (Phi) is 12.6. The predicted molar refractivity (Wildman–Crippen MR) is 122 cm³/mol. The summed E-state index contributed by atoms with van der Waals surface area (Å²) in [5.74, 6) is -3.84. The van der Waals surface area contributed by atoms with Gasteiger partial charge >= 0.3 is 11.9 Å². The maximum atomic E-state index is 12.8. The van der Waals surface area contributed by atoms with Gasteiger partial charge in [0.2, 0.25) is 17.7 Å². The van der Waals surface area contributed by atoms with Gasteiger partial charge in [-0.1, -0.05) is 30.3 Å². The number of nitrogens with one attached hydrogen (secondary N) is 3. The molecule has 3 atom stereocenters. The summed E-state index contributed by atoms with van der Waals surface area (Å²) in [6, 6.07) is 5.39. The van der Waals surface area contributed by atoms with Crippen LogP contribution in [0.1, 0.15) is 24.8 Å². The van der Waals surface area contributed by atoms with Crippen LogP contribution in [0, 0.1) is 0 Å². The predicted octanol–water partition coefficient (Wildman–Crippen LogP) is -0.655. The van der Waals surface area contributed by atoms with E-state index < -0.39 is 60.8 Å². The third kappa shape index (κ3) is 11.3. The number of thioether (sulfide) groups is 1. The Balaban J connectivity index is 2.81. The Morgan fingerprint density at radius 2 is 1.64 bits per heavy atom. The number of rotatable bonds is 15. The fourth-order valence-corrected chi connectivity index (χ4v) is 3.27. The zero-order chi connectivity index (χ0) is 24.8. The number of carboxylic acids is 2. The number of carbonyl (C=O) groups is 5. The van der Waals surface area contributed by atoms with E-state index in [0.717, 1.165) is 0 Å². The van der Waals surface area contributed by atoms with Crippen LogP contribution in [0.4, 0.5) is 0 Å². The number of benzene rings is 1. The van der Waals surface area contributed by atoms with Crippen molar-refractivity contribution in [2.24, 2.45) is 5.73 Å². The van der Waals surface area contributed by atoms with Crippen LogP contribution in [0.2, 0.25) is 0 Å². The summed E-state index contributed by atoms with van der Waals surface area (Å²) in [5, 5.41) is 25.3. The number of amides is 3. The highest BCUT2D eigenvalue weighted by Crippen LogP contribution is 2.06. The molecule has 1 aromatic carbocycles. The van der Waals surface area contributed by atoms with E-state index in [1.165, 1.54) is 11.8 Å². The van der Waals surface area contributed by atoms with E-state index in [-0.39, 0.29) is 12.8 Å². The molecule has 0 radical (unpaired) electrons. The van der Waals surface area contributed by atoms with E-state index in [1.54, 1.807) is 30.3 Å². The van der Waals surface area contributed by atoms with Crippen molar-refractivity contribution < 1.29 is 34.2 Å². The summed E-state index contributed by atoms with van der Waals surface area (Å²) in [5.41, 5.74) is 6.46. The van der Waals surface area contributed by atoms with Gasteiger partial charge in [-0.3, -0.25) is 19.2 Å². The SMILES string of the molecule is CSCCC(N)C(=O)NCC(=O)NC(Cc1ccccc1)C(=O)NC(CCC(=O)O)C(=O)O. The summed E-state index contributed by atoms with van der Waals surface area (Å²) in [6.07, 6.45) is 1.63. The molecule has 0 aliphatic rings. The first-order valence-corrected chi connectivity index (χ1v) is 11.6. The number of hydrogen-bond acceptors (Lipinski definition) is 7. The van der Waals surface area contributed by atoms with Crippen LogP contribution < -0.4 is 21.7 Å². The second-order valence-electron chi connectivity index (χ2n) is 7.25. The zero-order valence-corrected chi connectivity index (χ0v) is 19.1. The Labute approximate surface area is 195 Å². The third-order valence-corrected chi connectivity index (χ3v) is 5.23. The van der Waals surface area contributed by atoms with Crippen molar-refractivity contribution in [1.82, 2.24) is 16.0 Å². The lowest BCUT2D eigenvalue weighted by Gasteiger charge is -2.22. The Hall–Kier alpha value is -3.12. The van der Waals surface area contributed by atoms with E-state index in [0.29, 0.717) is 17.7 Å². The number of nitrogens with two attached hydrogens (primary N) is 1. The highest BCUT2D eigenvalue weighted by molar-refractivity contribution is 7.98. The van der Waals surface area contributed by atoms with Crippen LogP contribution in [0.5, 0.6) is 0 Å². The molecule has 0 saturated heterocycles. The molecule has 3 unspecified atom stereocenters. The van der Waals surface area contributed by atoms with Crippen LogP contribution >= 0.6 is 11.8 Å². The van der Waals surface area contributed by atoms with Crippen molar-refractivity contribution in [3.05, 3.63) is 35.9 Å². The van der Waals surface area contributed by atoms with E-state index in [4.69, 9.17) is 10.8 Å². The Morgan fingerprint density at radius 1 is 0.970 bits per heavy atom.